The summed E-state index contributed by atoms with van der Waals surface area (Å²) in [6.07, 6.45) is 4.95. The first-order valence-corrected chi connectivity index (χ1v) is 9.70. The highest BCUT2D eigenvalue weighted by molar-refractivity contribution is 5.98. The predicted octanol–water partition coefficient (Wildman–Crippen LogP) is 3.65. The van der Waals surface area contributed by atoms with Crippen molar-refractivity contribution in [1.82, 2.24) is 4.90 Å². The predicted molar refractivity (Wildman–Crippen MR) is 108 cm³/mol. The summed E-state index contributed by atoms with van der Waals surface area (Å²) in [5.74, 6) is 2.80. The smallest absolute Gasteiger partial charge is 0.250 e. The second kappa shape index (κ2) is 7.20. The molecular formula is C23H21NO5. The van der Waals surface area contributed by atoms with Gasteiger partial charge in [-0.2, -0.15) is 0 Å². The van der Waals surface area contributed by atoms with Gasteiger partial charge in [-0.25, -0.2) is 0 Å². The van der Waals surface area contributed by atoms with Crippen LogP contribution < -0.4 is 18.9 Å². The molecule has 0 saturated heterocycles. The molecule has 0 radical (unpaired) electrons. The van der Waals surface area contributed by atoms with E-state index in [1.807, 2.05) is 30.3 Å². The van der Waals surface area contributed by atoms with Gasteiger partial charge in [0.1, 0.15) is 0 Å². The highest BCUT2D eigenvalue weighted by Crippen LogP contribution is 2.38. The quantitative estimate of drug-likeness (QED) is 0.732. The zero-order valence-corrected chi connectivity index (χ0v) is 16.0. The maximum absolute atomic E-state index is 12.8. The molecule has 3 aliphatic heterocycles. The van der Waals surface area contributed by atoms with E-state index in [-0.39, 0.29) is 12.7 Å². The van der Waals surface area contributed by atoms with E-state index in [1.54, 1.807) is 17.1 Å². The van der Waals surface area contributed by atoms with Crippen LogP contribution in [0.2, 0.25) is 0 Å². The van der Waals surface area contributed by atoms with Gasteiger partial charge in [-0.05, 0) is 47.9 Å². The molecule has 2 aromatic carbocycles. The third-order valence-corrected chi connectivity index (χ3v) is 5.30. The van der Waals surface area contributed by atoms with Crippen molar-refractivity contribution in [1.29, 1.82) is 0 Å². The molecular weight excluding hydrogens is 370 g/mol. The summed E-state index contributed by atoms with van der Waals surface area (Å²) in [6.45, 7) is 6.26. The van der Waals surface area contributed by atoms with Gasteiger partial charge in [0.25, 0.3) is 5.91 Å². The van der Waals surface area contributed by atoms with Crippen molar-refractivity contribution in [3.8, 4) is 23.0 Å². The van der Waals surface area contributed by atoms with Crippen LogP contribution in [-0.4, -0.2) is 37.4 Å². The molecule has 3 aliphatic rings. The van der Waals surface area contributed by atoms with Gasteiger partial charge in [0.2, 0.25) is 6.79 Å². The number of amides is 1. The first-order chi connectivity index (χ1) is 14.2. The first-order valence-electron chi connectivity index (χ1n) is 9.70. The molecule has 29 heavy (non-hydrogen) atoms. The molecule has 0 aromatic heterocycles. The van der Waals surface area contributed by atoms with Crippen molar-refractivity contribution in [2.24, 2.45) is 0 Å². The van der Waals surface area contributed by atoms with E-state index < -0.39 is 0 Å². The van der Waals surface area contributed by atoms with Crippen molar-refractivity contribution in [3.05, 3.63) is 59.7 Å². The van der Waals surface area contributed by atoms with E-state index in [9.17, 15) is 4.79 Å². The van der Waals surface area contributed by atoms with Crippen LogP contribution in [-0.2, 0) is 11.2 Å². The molecule has 0 aliphatic carbocycles. The van der Waals surface area contributed by atoms with Crippen LogP contribution in [0.5, 0.6) is 23.0 Å². The van der Waals surface area contributed by atoms with Crippen molar-refractivity contribution in [2.75, 3.05) is 26.6 Å². The van der Waals surface area contributed by atoms with E-state index in [1.165, 1.54) is 0 Å². The molecule has 3 heterocycles. The summed E-state index contributed by atoms with van der Waals surface area (Å²) in [5.41, 5.74) is 3.62. The van der Waals surface area contributed by atoms with Crippen LogP contribution in [0.1, 0.15) is 23.1 Å². The number of ether oxygens (including phenoxy) is 4. The molecule has 6 heteroatoms. The Bertz CT molecular complexity index is 1030. The molecule has 0 spiro atoms. The molecule has 6 nitrogen and oxygen atoms in total. The normalized spacial score (nSPS) is 17.2. The van der Waals surface area contributed by atoms with Crippen LogP contribution in [0, 0.1) is 0 Å². The van der Waals surface area contributed by atoms with Crippen LogP contribution in [0.15, 0.2) is 43.0 Å². The van der Waals surface area contributed by atoms with Crippen molar-refractivity contribution < 1.29 is 23.7 Å². The van der Waals surface area contributed by atoms with E-state index in [0.717, 1.165) is 41.0 Å². The summed E-state index contributed by atoms with van der Waals surface area (Å²) >= 11 is 0. The van der Waals surface area contributed by atoms with E-state index >= 15 is 0 Å². The monoisotopic (exact) mass is 391 g/mol. The summed E-state index contributed by atoms with van der Waals surface area (Å²) in [5, 5.41) is 0. The van der Waals surface area contributed by atoms with Crippen molar-refractivity contribution in [2.45, 2.75) is 12.8 Å². The lowest BCUT2D eigenvalue weighted by Crippen LogP contribution is -2.33. The fourth-order valence-corrected chi connectivity index (χ4v) is 3.76. The number of fused-ring (bicyclic) bond motifs is 3. The summed E-state index contributed by atoms with van der Waals surface area (Å²) in [4.78, 5) is 14.5. The van der Waals surface area contributed by atoms with Gasteiger partial charge in [-0.15, -0.1) is 0 Å². The maximum atomic E-state index is 12.8. The molecule has 1 amide bonds. The lowest BCUT2D eigenvalue weighted by molar-refractivity contribution is -0.123. The van der Waals surface area contributed by atoms with Crippen LogP contribution in [0.25, 0.3) is 11.8 Å². The molecule has 0 fully saturated rings. The second-order valence-corrected chi connectivity index (χ2v) is 7.14. The Hall–Kier alpha value is -3.41. The van der Waals surface area contributed by atoms with E-state index in [4.69, 9.17) is 18.9 Å². The van der Waals surface area contributed by atoms with Crippen molar-refractivity contribution >= 4 is 17.7 Å². The third kappa shape index (κ3) is 3.31. The topological polar surface area (TPSA) is 57.2 Å². The maximum Gasteiger partial charge on any atom is 0.250 e. The Kier molecular flexibility index (Phi) is 4.39. The minimum Gasteiger partial charge on any atom is -0.490 e. The Labute approximate surface area is 168 Å². The van der Waals surface area contributed by atoms with Gasteiger partial charge >= 0.3 is 0 Å². The van der Waals surface area contributed by atoms with Gasteiger partial charge in [0.15, 0.2) is 23.0 Å². The minimum absolute atomic E-state index is 0.106. The highest BCUT2D eigenvalue weighted by atomic mass is 16.7. The van der Waals surface area contributed by atoms with Crippen molar-refractivity contribution in [3.63, 3.8) is 0 Å². The average Bonchev–Trinajstić information content (AvgIpc) is 3.08. The molecule has 0 unspecified atom stereocenters. The van der Waals surface area contributed by atoms with Gasteiger partial charge in [-0.3, -0.25) is 4.79 Å². The molecule has 0 N–H and O–H groups in total. The Morgan fingerprint density at radius 3 is 2.59 bits per heavy atom. The van der Waals surface area contributed by atoms with Gasteiger partial charge in [-0.1, -0.05) is 12.6 Å². The number of benzene rings is 2. The minimum atomic E-state index is -0.106. The number of rotatable bonds is 2. The summed E-state index contributed by atoms with van der Waals surface area (Å²) in [6, 6.07) is 9.56. The number of hydrogen-bond donors (Lipinski definition) is 0. The highest BCUT2D eigenvalue weighted by Gasteiger charge is 2.26. The molecule has 0 saturated carbocycles. The van der Waals surface area contributed by atoms with Crippen LogP contribution in [0.3, 0.4) is 0 Å². The van der Waals surface area contributed by atoms with Gasteiger partial charge in [0, 0.05) is 30.3 Å². The Morgan fingerprint density at radius 2 is 1.72 bits per heavy atom. The summed E-state index contributed by atoms with van der Waals surface area (Å²) in [7, 11) is 0. The van der Waals surface area contributed by atoms with Gasteiger partial charge < -0.3 is 23.8 Å². The fraction of sp³-hybridized carbons (Fsp3) is 0.261. The zero-order valence-electron chi connectivity index (χ0n) is 16.0. The lowest BCUT2D eigenvalue weighted by atomic mass is 9.96. The van der Waals surface area contributed by atoms with Crippen LogP contribution >= 0.6 is 0 Å². The number of nitrogens with zero attached hydrogens (tertiary/aromatic N) is 1. The molecule has 0 bridgehead atoms. The number of carbonyl (C=O) groups excluding carboxylic acids is 1. The molecule has 148 valence electrons. The Balaban J connectivity index is 1.35. The molecule has 5 rings (SSSR count). The van der Waals surface area contributed by atoms with Crippen LogP contribution in [0.4, 0.5) is 0 Å². The van der Waals surface area contributed by atoms with E-state index in [0.29, 0.717) is 37.0 Å². The third-order valence-electron chi connectivity index (χ3n) is 5.30. The number of hydrogen-bond acceptors (Lipinski definition) is 5. The van der Waals surface area contributed by atoms with E-state index in [2.05, 4.69) is 6.58 Å². The summed E-state index contributed by atoms with van der Waals surface area (Å²) < 4.78 is 22.3. The SMILES string of the molecule is C=C1c2cc3c(cc2CCN1C(=O)/C=C/c1ccc2c(c1)OCO2)OCCCO3. The van der Waals surface area contributed by atoms with Gasteiger partial charge in [0.05, 0.1) is 13.2 Å². The largest absolute Gasteiger partial charge is 0.490 e. The number of carbonyl (C=O) groups is 1. The lowest BCUT2D eigenvalue weighted by Gasteiger charge is -2.30. The molecule has 0 atom stereocenters. The first kappa shape index (κ1) is 17.7. The second-order valence-electron chi connectivity index (χ2n) is 7.14. The standard InChI is InChI=1S/C23H21NO5/c1-15-18-13-22-21(26-9-2-10-27-22)12-17(18)7-8-24(15)23(25)6-4-16-3-5-19-20(11-16)29-14-28-19/h3-6,11-13H,1-2,7-10,14H2/b6-4+. The zero-order chi connectivity index (χ0) is 19.8. The Morgan fingerprint density at radius 1 is 0.966 bits per heavy atom. The molecule has 2 aromatic rings. The average molecular weight is 391 g/mol. The fourth-order valence-electron chi connectivity index (χ4n) is 3.76.